The Morgan fingerprint density at radius 2 is 1.15 bits per heavy atom. The van der Waals surface area contributed by atoms with Gasteiger partial charge in [0, 0.05) is 0 Å². The summed E-state index contributed by atoms with van der Waals surface area (Å²) in [6.07, 6.45) is -17.3. The summed E-state index contributed by atoms with van der Waals surface area (Å²) in [7, 11) is 0. The lowest BCUT2D eigenvalue weighted by atomic mass is 9.95. The molecule has 0 amide bonds. The van der Waals surface area contributed by atoms with Gasteiger partial charge >= 0.3 is 18.5 Å². The molecule has 0 heterocycles. The Balaban J connectivity index is 3.93. The number of benzene rings is 1. The van der Waals surface area contributed by atoms with Crippen molar-refractivity contribution >= 4 is 0 Å². The van der Waals surface area contributed by atoms with E-state index < -0.39 is 40.8 Å². The fraction of sp³-hybridized carbons (Fsp3) is 0.300. The van der Waals surface area contributed by atoms with E-state index in [0.717, 1.165) is 6.07 Å². The van der Waals surface area contributed by atoms with Crippen molar-refractivity contribution in [3.05, 3.63) is 34.4 Å². The van der Waals surface area contributed by atoms with E-state index in [9.17, 15) is 39.5 Å². The van der Waals surface area contributed by atoms with Gasteiger partial charge in [0.05, 0.1) is 28.3 Å². The Labute approximate surface area is 105 Å². The van der Waals surface area contributed by atoms with Gasteiger partial charge in [-0.15, -0.1) is 0 Å². The molecule has 0 radical (unpaired) electrons. The number of halogens is 9. The minimum atomic E-state index is -5.91. The lowest BCUT2D eigenvalue weighted by Crippen LogP contribution is -2.24. The van der Waals surface area contributed by atoms with Gasteiger partial charge in [-0.3, -0.25) is 0 Å². The van der Waals surface area contributed by atoms with Gasteiger partial charge in [0.25, 0.3) is 0 Å². The van der Waals surface area contributed by atoms with Crippen molar-refractivity contribution in [3.63, 3.8) is 0 Å². The van der Waals surface area contributed by atoms with Crippen LogP contribution in [0.15, 0.2) is 12.1 Å². The summed E-state index contributed by atoms with van der Waals surface area (Å²) in [6.45, 7) is 0. The number of rotatable bonds is 0. The standard InChI is InChI=1S/C10H2F9N/c11-8(12,13)5-2-1-4(3-20)6(9(14,15)16)7(5)10(17,18)19/h1-2H. The highest BCUT2D eigenvalue weighted by atomic mass is 19.4. The van der Waals surface area contributed by atoms with Crippen LogP contribution < -0.4 is 0 Å². The fourth-order valence-corrected chi connectivity index (χ4v) is 1.52. The molecule has 0 unspecified atom stereocenters. The number of hydrogen-bond donors (Lipinski definition) is 0. The van der Waals surface area contributed by atoms with Crippen molar-refractivity contribution in [2.75, 3.05) is 0 Å². The van der Waals surface area contributed by atoms with Crippen LogP contribution in [0.1, 0.15) is 22.3 Å². The quantitative estimate of drug-likeness (QED) is 0.642. The number of nitriles is 1. The third-order valence-electron chi connectivity index (χ3n) is 2.20. The predicted octanol–water partition coefficient (Wildman–Crippen LogP) is 4.61. The van der Waals surface area contributed by atoms with Crippen molar-refractivity contribution in [1.82, 2.24) is 0 Å². The molecule has 1 aromatic rings. The summed E-state index contributed by atoms with van der Waals surface area (Å²) in [5, 5.41) is 8.37. The summed E-state index contributed by atoms with van der Waals surface area (Å²) < 4.78 is 113. The zero-order valence-electron chi connectivity index (χ0n) is 9.00. The summed E-state index contributed by atoms with van der Waals surface area (Å²) in [5.74, 6) is 0. The minimum Gasteiger partial charge on any atom is -0.192 e. The maximum absolute atomic E-state index is 12.6. The van der Waals surface area contributed by atoms with Crippen molar-refractivity contribution in [3.8, 4) is 6.07 Å². The van der Waals surface area contributed by atoms with Gasteiger partial charge in [-0.1, -0.05) is 0 Å². The smallest absolute Gasteiger partial charge is 0.192 e. The molecule has 0 aliphatic heterocycles. The Morgan fingerprint density at radius 3 is 1.45 bits per heavy atom. The molecule has 20 heavy (non-hydrogen) atoms. The van der Waals surface area contributed by atoms with Crippen LogP contribution in [0.25, 0.3) is 0 Å². The van der Waals surface area contributed by atoms with Crippen molar-refractivity contribution in [2.24, 2.45) is 0 Å². The van der Waals surface area contributed by atoms with Gasteiger partial charge in [-0.2, -0.15) is 44.8 Å². The third kappa shape index (κ3) is 2.97. The van der Waals surface area contributed by atoms with E-state index in [-0.39, 0.29) is 12.1 Å². The maximum Gasteiger partial charge on any atom is 0.418 e. The molecule has 0 N–H and O–H groups in total. The zero-order valence-corrected chi connectivity index (χ0v) is 9.00. The van der Waals surface area contributed by atoms with E-state index in [1.807, 2.05) is 0 Å². The highest BCUT2D eigenvalue weighted by Crippen LogP contribution is 2.47. The Bertz CT molecular complexity index is 556. The summed E-state index contributed by atoms with van der Waals surface area (Å²) in [4.78, 5) is 0. The minimum absolute atomic E-state index is 0.0564. The average Bonchev–Trinajstić information content (AvgIpc) is 2.23. The largest absolute Gasteiger partial charge is 0.418 e. The van der Waals surface area contributed by atoms with Gasteiger partial charge in [-0.05, 0) is 12.1 Å². The van der Waals surface area contributed by atoms with Crippen LogP contribution in [-0.2, 0) is 18.5 Å². The van der Waals surface area contributed by atoms with Crippen molar-refractivity contribution < 1.29 is 39.5 Å². The topological polar surface area (TPSA) is 23.8 Å². The molecule has 0 aromatic heterocycles. The summed E-state index contributed by atoms with van der Waals surface area (Å²) in [6, 6.07) is 0.665. The second-order valence-corrected chi connectivity index (χ2v) is 3.52. The van der Waals surface area contributed by atoms with Gasteiger partial charge in [-0.25, -0.2) is 0 Å². The molecule has 0 fully saturated rings. The van der Waals surface area contributed by atoms with Crippen LogP contribution >= 0.6 is 0 Å². The Hall–Kier alpha value is -1.92. The van der Waals surface area contributed by atoms with Gasteiger partial charge in [0.15, 0.2) is 0 Å². The van der Waals surface area contributed by atoms with Crippen LogP contribution in [0, 0.1) is 11.3 Å². The Kier molecular flexibility index (Phi) is 3.69. The highest BCUT2D eigenvalue weighted by molar-refractivity contribution is 5.50. The molecule has 10 heteroatoms. The molecule has 0 atom stereocenters. The van der Waals surface area contributed by atoms with E-state index in [4.69, 9.17) is 5.26 Å². The molecule has 0 aliphatic rings. The van der Waals surface area contributed by atoms with E-state index in [0.29, 0.717) is 0 Å². The summed E-state index contributed by atoms with van der Waals surface area (Å²) in [5.41, 5.74) is -9.56. The molecule has 110 valence electrons. The predicted molar refractivity (Wildman–Crippen MR) is 46.2 cm³/mol. The van der Waals surface area contributed by atoms with Crippen LogP contribution in [0.2, 0.25) is 0 Å². The molecule has 1 aromatic carbocycles. The third-order valence-corrected chi connectivity index (χ3v) is 2.20. The van der Waals surface area contributed by atoms with Crippen molar-refractivity contribution in [2.45, 2.75) is 18.5 Å². The Morgan fingerprint density at radius 1 is 0.700 bits per heavy atom. The second-order valence-electron chi connectivity index (χ2n) is 3.52. The molecule has 0 saturated heterocycles. The van der Waals surface area contributed by atoms with E-state index in [2.05, 4.69) is 0 Å². The van der Waals surface area contributed by atoms with Crippen LogP contribution in [0.3, 0.4) is 0 Å². The van der Waals surface area contributed by atoms with E-state index >= 15 is 0 Å². The number of alkyl halides is 9. The van der Waals surface area contributed by atoms with Gasteiger partial charge in [0.2, 0.25) is 0 Å². The molecule has 1 rings (SSSR count). The van der Waals surface area contributed by atoms with Gasteiger partial charge < -0.3 is 0 Å². The van der Waals surface area contributed by atoms with Gasteiger partial charge in [0.1, 0.15) is 0 Å². The molecular weight excluding hydrogens is 305 g/mol. The second kappa shape index (κ2) is 4.57. The molecule has 1 nitrogen and oxygen atoms in total. The molecule has 0 saturated carbocycles. The maximum atomic E-state index is 12.6. The first-order valence-electron chi connectivity index (χ1n) is 4.59. The van der Waals surface area contributed by atoms with Crippen LogP contribution in [-0.4, -0.2) is 0 Å². The average molecular weight is 307 g/mol. The molecule has 0 bridgehead atoms. The fourth-order valence-electron chi connectivity index (χ4n) is 1.52. The number of hydrogen-bond acceptors (Lipinski definition) is 1. The molecule has 0 spiro atoms. The normalized spacial score (nSPS) is 13.2. The highest BCUT2D eigenvalue weighted by Gasteiger charge is 2.51. The molecule has 0 aliphatic carbocycles. The molecular formula is C10H2F9N. The first kappa shape index (κ1) is 16.1. The van der Waals surface area contributed by atoms with Crippen molar-refractivity contribution in [1.29, 1.82) is 5.26 Å². The lowest BCUT2D eigenvalue weighted by molar-refractivity contribution is -0.174. The summed E-state index contributed by atoms with van der Waals surface area (Å²) >= 11 is 0. The first-order valence-corrected chi connectivity index (χ1v) is 4.59. The van der Waals surface area contributed by atoms with E-state index in [1.54, 1.807) is 0 Å². The van der Waals surface area contributed by atoms with E-state index in [1.165, 1.54) is 0 Å². The first-order chi connectivity index (χ1) is 8.80. The SMILES string of the molecule is N#Cc1ccc(C(F)(F)F)c(C(F)(F)F)c1C(F)(F)F. The monoisotopic (exact) mass is 307 g/mol. The zero-order chi connectivity index (χ0) is 15.9. The van der Waals surface area contributed by atoms with Crippen LogP contribution in [0.4, 0.5) is 39.5 Å². The lowest BCUT2D eigenvalue weighted by Gasteiger charge is -2.21. The van der Waals surface area contributed by atoms with Crippen LogP contribution in [0.5, 0.6) is 0 Å². The number of nitrogens with zero attached hydrogens (tertiary/aromatic N) is 1.